The third kappa shape index (κ3) is 4.59. The van der Waals surface area contributed by atoms with Crippen molar-refractivity contribution >= 4 is 17.7 Å². The van der Waals surface area contributed by atoms with E-state index in [9.17, 15) is 4.79 Å². The van der Waals surface area contributed by atoms with Crippen LogP contribution in [0.4, 0.5) is 5.69 Å². The second-order valence-corrected chi connectivity index (χ2v) is 4.41. The molecule has 1 atom stereocenters. The Morgan fingerprint density at radius 1 is 1.39 bits per heavy atom. The van der Waals surface area contributed by atoms with E-state index in [1.165, 1.54) is 6.08 Å². The number of aliphatic hydroxyl groups excluding tert-OH is 1. The maximum Gasteiger partial charge on any atom is 0.244 e. The molecule has 0 saturated heterocycles. The average Bonchev–Trinajstić information content (AvgIpc) is 2.36. The number of benzene rings is 1. The molecular weight excluding hydrogens is 228 g/mol. The van der Waals surface area contributed by atoms with E-state index in [4.69, 9.17) is 5.11 Å². The lowest BCUT2D eigenvalue weighted by molar-refractivity contribution is -0.117. The maximum absolute atomic E-state index is 11.4. The fourth-order valence-corrected chi connectivity index (χ4v) is 1.39. The zero-order valence-electron chi connectivity index (χ0n) is 11.1. The van der Waals surface area contributed by atoms with Crippen LogP contribution in [0.2, 0.25) is 0 Å². The van der Waals surface area contributed by atoms with Gasteiger partial charge in [0, 0.05) is 31.9 Å². The molecule has 0 fully saturated rings. The lowest BCUT2D eigenvalue weighted by Gasteiger charge is -2.11. The molecule has 0 saturated carbocycles. The summed E-state index contributed by atoms with van der Waals surface area (Å²) in [6, 6.07) is 7.67. The van der Waals surface area contributed by atoms with Crippen molar-refractivity contribution in [3.63, 3.8) is 0 Å². The Hall–Kier alpha value is -1.81. The van der Waals surface area contributed by atoms with Gasteiger partial charge in [0.1, 0.15) is 0 Å². The molecule has 0 bridgehead atoms. The molecule has 98 valence electrons. The number of rotatable bonds is 5. The molecule has 0 aliphatic carbocycles. The summed E-state index contributed by atoms with van der Waals surface area (Å²) in [6.45, 7) is 1.69. The first-order chi connectivity index (χ1) is 8.52. The molecule has 4 heteroatoms. The average molecular weight is 248 g/mol. The van der Waals surface area contributed by atoms with Gasteiger partial charge in [-0.05, 0) is 30.7 Å². The van der Waals surface area contributed by atoms with Crippen LogP contribution in [0.15, 0.2) is 30.3 Å². The normalized spacial score (nSPS) is 12.4. The Kier molecular flexibility index (Phi) is 5.39. The summed E-state index contributed by atoms with van der Waals surface area (Å²) in [4.78, 5) is 13.5. The Morgan fingerprint density at radius 2 is 2.00 bits per heavy atom. The van der Waals surface area contributed by atoms with Gasteiger partial charge < -0.3 is 15.3 Å². The number of nitrogens with one attached hydrogen (secondary N) is 1. The molecule has 0 unspecified atom stereocenters. The summed E-state index contributed by atoms with van der Waals surface area (Å²) < 4.78 is 0. The molecule has 4 nitrogen and oxygen atoms in total. The van der Waals surface area contributed by atoms with Crippen molar-refractivity contribution in [2.75, 3.05) is 25.6 Å². The molecule has 0 aliphatic rings. The van der Waals surface area contributed by atoms with Gasteiger partial charge in [0.15, 0.2) is 0 Å². The molecule has 0 aromatic heterocycles. The number of anilines is 1. The van der Waals surface area contributed by atoms with Gasteiger partial charge in [0.05, 0.1) is 6.61 Å². The van der Waals surface area contributed by atoms with Crippen molar-refractivity contribution in [3.8, 4) is 0 Å². The summed E-state index contributed by atoms with van der Waals surface area (Å²) in [5.74, 6) is -0.201. The predicted octanol–water partition coefficient (Wildman–Crippen LogP) is 1.26. The molecule has 1 aromatic rings. The van der Waals surface area contributed by atoms with Crippen LogP contribution in [0, 0.1) is 0 Å². The Bertz CT molecular complexity index is 410. The number of aliphatic hydroxyl groups is 1. The molecule has 0 aliphatic heterocycles. The van der Waals surface area contributed by atoms with Crippen LogP contribution in [0.25, 0.3) is 6.08 Å². The molecule has 18 heavy (non-hydrogen) atoms. The van der Waals surface area contributed by atoms with Crippen molar-refractivity contribution in [2.24, 2.45) is 0 Å². The third-order valence-corrected chi connectivity index (χ3v) is 2.50. The minimum Gasteiger partial charge on any atom is -0.394 e. The quantitative estimate of drug-likeness (QED) is 0.771. The van der Waals surface area contributed by atoms with E-state index < -0.39 is 0 Å². The molecule has 0 spiro atoms. The highest BCUT2D eigenvalue weighted by Gasteiger charge is 2.01. The van der Waals surface area contributed by atoms with E-state index >= 15 is 0 Å². The fourth-order valence-electron chi connectivity index (χ4n) is 1.39. The van der Waals surface area contributed by atoms with Crippen molar-refractivity contribution in [3.05, 3.63) is 35.9 Å². The van der Waals surface area contributed by atoms with Gasteiger partial charge in [-0.15, -0.1) is 0 Å². The number of hydrogen-bond donors (Lipinski definition) is 2. The fraction of sp³-hybridized carbons (Fsp3) is 0.357. The number of nitrogens with zero attached hydrogens (tertiary/aromatic N) is 1. The van der Waals surface area contributed by atoms with Gasteiger partial charge in [-0.2, -0.15) is 0 Å². The van der Waals surface area contributed by atoms with Gasteiger partial charge >= 0.3 is 0 Å². The zero-order chi connectivity index (χ0) is 13.5. The van der Waals surface area contributed by atoms with Gasteiger partial charge in [0.25, 0.3) is 0 Å². The van der Waals surface area contributed by atoms with Crippen LogP contribution in [0.3, 0.4) is 0 Å². The van der Waals surface area contributed by atoms with Crippen molar-refractivity contribution in [2.45, 2.75) is 13.0 Å². The van der Waals surface area contributed by atoms with E-state index in [0.717, 1.165) is 11.3 Å². The molecule has 0 radical (unpaired) electrons. The number of amides is 1. The summed E-state index contributed by atoms with van der Waals surface area (Å²) >= 11 is 0. The minimum absolute atomic E-state index is 0.0584. The first-order valence-corrected chi connectivity index (χ1v) is 5.89. The topological polar surface area (TPSA) is 52.6 Å². The van der Waals surface area contributed by atoms with Gasteiger partial charge in [0.2, 0.25) is 5.91 Å². The molecule has 1 rings (SSSR count). The number of hydrogen-bond acceptors (Lipinski definition) is 3. The minimum atomic E-state index is -0.224. The van der Waals surface area contributed by atoms with E-state index in [-0.39, 0.29) is 18.6 Å². The zero-order valence-corrected chi connectivity index (χ0v) is 11.1. The highest BCUT2D eigenvalue weighted by atomic mass is 16.3. The Balaban J connectivity index is 2.59. The highest BCUT2D eigenvalue weighted by molar-refractivity contribution is 5.91. The summed E-state index contributed by atoms with van der Waals surface area (Å²) in [6.07, 6.45) is 3.22. The third-order valence-electron chi connectivity index (χ3n) is 2.50. The highest BCUT2D eigenvalue weighted by Crippen LogP contribution is 2.12. The van der Waals surface area contributed by atoms with Gasteiger partial charge in [-0.1, -0.05) is 12.1 Å². The second-order valence-electron chi connectivity index (χ2n) is 4.41. The van der Waals surface area contributed by atoms with E-state index in [2.05, 4.69) is 5.32 Å². The lowest BCUT2D eigenvalue weighted by Crippen LogP contribution is -2.33. The lowest BCUT2D eigenvalue weighted by atomic mass is 10.2. The second kappa shape index (κ2) is 6.81. The molecule has 1 amide bonds. The smallest absolute Gasteiger partial charge is 0.244 e. The summed E-state index contributed by atoms with van der Waals surface area (Å²) in [7, 11) is 3.96. The number of carbonyl (C=O) groups is 1. The van der Waals surface area contributed by atoms with Crippen LogP contribution in [0.5, 0.6) is 0 Å². The predicted molar refractivity (Wildman–Crippen MR) is 74.5 cm³/mol. The number of carbonyl (C=O) groups excluding carboxylic acids is 1. The summed E-state index contributed by atoms with van der Waals surface area (Å²) in [5, 5.41) is 11.5. The summed E-state index contributed by atoms with van der Waals surface area (Å²) in [5.41, 5.74) is 2.08. The van der Waals surface area contributed by atoms with Crippen LogP contribution in [-0.4, -0.2) is 37.8 Å². The SMILES string of the molecule is C[C@@H](CO)NC(=O)C=Cc1ccc(N(C)C)cc1. The standard InChI is InChI=1S/C14H20N2O2/c1-11(10-17)15-14(18)9-6-12-4-7-13(8-5-12)16(2)3/h4-9,11,17H,10H2,1-3H3,(H,15,18)/t11-/m0/s1. The van der Waals surface area contributed by atoms with Crippen LogP contribution < -0.4 is 10.2 Å². The maximum atomic E-state index is 11.4. The van der Waals surface area contributed by atoms with E-state index in [1.54, 1.807) is 13.0 Å². The first kappa shape index (κ1) is 14.3. The monoisotopic (exact) mass is 248 g/mol. The molecule has 1 aromatic carbocycles. The molecular formula is C14H20N2O2. The van der Waals surface area contributed by atoms with Crippen LogP contribution in [-0.2, 0) is 4.79 Å². The molecule has 2 N–H and O–H groups in total. The van der Waals surface area contributed by atoms with Crippen LogP contribution in [0.1, 0.15) is 12.5 Å². The van der Waals surface area contributed by atoms with Crippen LogP contribution >= 0.6 is 0 Å². The Labute approximate surface area is 108 Å². The van der Waals surface area contributed by atoms with E-state index in [0.29, 0.717) is 0 Å². The molecule has 0 heterocycles. The van der Waals surface area contributed by atoms with Gasteiger partial charge in [-0.25, -0.2) is 0 Å². The van der Waals surface area contributed by atoms with Crippen molar-refractivity contribution < 1.29 is 9.90 Å². The van der Waals surface area contributed by atoms with E-state index in [1.807, 2.05) is 43.3 Å². The Morgan fingerprint density at radius 3 is 2.50 bits per heavy atom. The largest absolute Gasteiger partial charge is 0.394 e. The van der Waals surface area contributed by atoms with Crippen molar-refractivity contribution in [1.82, 2.24) is 5.32 Å². The van der Waals surface area contributed by atoms with Gasteiger partial charge in [-0.3, -0.25) is 4.79 Å². The first-order valence-electron chi connectivity index (χ1n) is 5.89. The van der Waals surface area contributed by atoms with Crippen molar-refractivity contribution in [1.29, 1.82) is 0 Å².